The standard InChI is InChI=1S/C22H29NO4/c1-15(2)27-19-8-6-7-18(14-19)16(3)23-22(24)12-10-17-9-11-20(25-4)21(13-17)26-5/h6-9,11,13-16H,10,12H2,1-5H3,(H,23,24). The molecule has 0 saturated heterocycles. The van der Waals surface area contributed by atoms with Crippen LogP contribution in [-0.4, -0.2) is 26.2 Å². The number of benzene rings is 2. The molecule has 0 bridgehead atoms. The Morgan fingerprint density at radius 3 is 2.41 bits per heavy atom. The number of methoxy groups -OCH3 is 2. The fourth-order valence-electron chi connectivity index (χ4n) is 2.82. The third-order valence-electron chi connectivity index (χ3n) is 4.20. The van der Waals surface area contributed by atoms with Gasteiger partial charge in [-0.3, -0.25) is 4.79 Å². The molecule has 27 heavy (non-hydrogen) atoms. The lowest BCUT2D eigenvalue weighted by molar-refractivity contribution is -0.121. The molecule has 0 spiro atoms. The van der Waals surface area contributed by atoms with E-state index < -0.39 is 0 Å². The van der Waals surface area contributed by atoms with E-state index >= 15 is 0 Å². The average molecular weight is 371 g/mol. The summed E-state index contributed by atoms with van der Waals surface area (Å²) in [6.07, 6.45) is 1.16. The summed E-state index contributed by atoms with van der Waals surface area (Å²) in [6, 6.07) is 13.5. The molecule has 1 unspecified atom stereocenters. The molecule has 0 radical (unpaired) electrons. The van der Waals surface area contributed by atoms with E-state index in [9.17, 15) is 4.79 Å². The molecule has 0 aliphatic rings. The molecule has 2 rings (SSSR count). The van der Waals surface area contributed by atoms with Crippen molar-refractivity contribution in [1.29, 1.82) is 0 Å². The van der Waals surface area contributed by atoms with E-state index in [0.717, 1.165) is 16.9 Å². The molecule has 1 atom stereocenters. The molecule has 5 nitrogen and oxygen atoms in total. The van der Waals surface area contributed by atoms with Gasteiger partial charge in [0.1, 0.15) is 5.75 Å². The van der Waals surface area contributed by atoms with Crippen LogP contribution < -0.4 is 19.5 Å². The Morgan fingerprint density at radius 1 is 1.00 bits per heavy atom. The smallest absolute Gasteiger partial charge is 0.220 e. The van der Waals surface area contributed by atoms with Crippen molar-refractivity contribution in [3.63, 3.8) is 0 Å². The Balaban J connectivity index is 1.92. The minimum Gasteiger partial charge on any atom is -0.493 e. The van der Waals surface area contributed by atoms with Gasteiger partial charge < -0.3 is 19.5 Å². The zero-order valence-electron chi connectivity index (χ0n) is 16.7. The Bertz CT molecular complexity index is 758. The Hall–Kier alpha value is -2.69. The monoisotopic (exact) mass is 371 g/mol. The second-order valence-electron chi connectivity index (χ2n) is 6.72. The predicted molar refractivity (Wildman–Crippen MR) is 107 cm³/mol. The summed E-state index contributed by atoms with van der Waals surface area (Å²) in [5.41, 5.74) is 2.05. The molecule has 0 heterocycles. The Labute approximate surface area is 161 Å². The quantitative estimate of drug-likeness (QED) is 0.714. The molecular weight excluding hydrogens is 342 g/mol. The van der Waals surface area contributed by atoms with E-state index in [4.69, 9.17) is 14.2 Å². The highest BCUT2D eigenvalue weighted by Crippen LogP contribution is 2.28. The summed E-state index contributed by atoms with van der Waals surface area (Å²) in [5.74, 6) is 2.18. The molecule has 5 heteroatoms. The van der Waals surface area contributed by atoms with Gasteiger partial charge in [0.25, 0.3) is 0 Å². The highest BCUT2D eigenvalue weighted by Gasteiger charge is 2.12. The van der Waals surface area contributed by atoms with Gasteiger partial charge in [0.05, 0.1) is 26.4 Å². The van der Waals surface area contributed by atoms with Crippen molar-refractivity contribution in [2.75, 3.05) is 14.2 Å². The number of nitrogens with one attached hydrogen (secondary N) is 1. The van der Waals surface area contributed by atoms with Crippen molar-refractivity contribution in [3.05, 3.63) is 53.6 Å². The summed E-state index contributed by atoms with van der Waals surface area (Å²) in [4.78, 5) is 12.3. The van der Waals surface area contributed by atoms with Crippen LogP contribution in [0.25, 0.3) is 0 Å². The molecule has 0 aliphatic heterocycles. The molecule has 146 valence electrons. The van der Waals surface area contributed by atoms with Crippen molar-refractivity contribution in [3.8, 4) is 17.2 Å². The summed E-state index contributed by atoms with van der Waals surface area (Å²) >= 11 is 0. The van der Waals surface area contributed by atoms with Crippen molar-refractivity contribution >= 4 is 5.91 Å². The van der Waals surface area contributed by atoms with E-state index in [1.165, 1.54) is 0 Å². The van der Waals surface area contributed by atoms with Gasteiger partial charge in [0, 0.05) is 6.42 Å². The Morgan fingerprint density at radius 2 is 1.74 bits per heavy atom. The van der Waals surface area contributed by atoms with Gasteiger partial charge in [-0.2, -0.15) is 0 Å². The summed E-state index contributed by atoms with van der Waals surface area (Å²) < 4.78 is 16.3. The topological polar surface area (TPSA) is 56.8 Å². The highest BCUT2D eigenvalue weighted by molar-refractivity contribution is 5.76. The van der Waals surface area contributed by atoms with Gasteiger partial charge in [0.2, 0.25) is 5.91 Å². The molecule has 0 aromatic heterocycles. The lowest BCUT2D eigenvalue weighted by atomic mass is 10.1. The van der Waals surface area contributed by atoms with Crippen molar-refractivity contribution in [1.82, 2.24) is 5.32 Å². The van der Waals surface area contributed by atoms with Gasteiger partial charge >= 0.3 is 0 Å². The molecule has 0 aliphatic carbocycles. The molecular formula is C22H29NO4. The zero-order valence-corrected chi connectivity index (χ0v) is 16.7. The van der Waals surface area contributed by atoms with Crippen LogP contribution >= 0.6 is 0 Å². The maximum absolute atomic E-state index is 12.3. The minimum absolute atomic E-state index is 0.00691. The third-order valence-corrected chi connectivity index (χ3v) is 4.20. The number of carbonyl (C=O) groups excluding carboxylic acids is 1. The molecule has 1 amide bonds. The molecule has 2 aromatic carbocycles. The predicted octanol–water partition coefficient (Wildman–Crippen LogP) is 4.30. The van der Waals surface area contributed by atoms with E-state index in [0.29, 0.717) is 24.3 Å². The maximum atomic E-state index is 12.3. The highest BCUT2D eigenvalue weighted by atomic mass is 16.5. The molecule has 0 saturated carbocycles. The zero-order chi connectivity index (χ0) is 19.8. The van der Waals surface area contributed by atoms with Crippen LogP contribution in [0.4, 0.5) is 0 Å². The number of hydrogen-bond donors (Lipinski definition) is 1. The lowest BCUT2D eigenvalue weighted by Gasteiger charge is -2.17. The van der Waals surface area contributed by atoms with Gasteiger partial charge in [-0.15, -0.1) is 0 Å². The normalized spacial score (nSPS) is 11.8. The van der Waals surface area contributed by atoms with Crippen molar-refractivity contribution < 1.29 is 19.0 Å². The second kappa shape index (κ2) is 9.86. The number of hydrogen-bond acceptors (Lipinski definition) is 4. The van der Waals surface area contributed by atoms with Crippen LogP contribution in [0.15, 0.2) is 42.5 Å². The number of ether oxygens (including phenoxy) is 3. The van der Waals surface area contributed by atoms with Crippen molar-refractivity contribution in [2.24, 2.45) is 0 Å². The Kier molecular flexibility index (Phi) is 7.53. The first-order valence-electron chi connectivity index (χ1n) is 9.19. The third kappa shape index (κ3) is 6.20. The largest absolute Gasteiger partial charge is 0.493 e. The molecule has 1 N–H and O–H groups in total. The minimum atomic E-state index is -0.0846. The second-order valence-corrected chi connectivity index (χ2v) is 6.72. The van der Waals surface area contributed by atoms with Gasteiger partial charge in [-0.25, -0.2) is 0 Å². The molecule has 2 aromatic rings. The van der Waals surface area contributed by atoms with Gasteiger partial charge in [0.15, 0.2) is 11.5 Å². The summed E-state index contributed by atoms with van der Waals surface area (Å²) in [5, 5.41) is 3.05. The SMILES string of the molecule is COc1ccc(CCC(=O)NC(C)c2cccc(OC(C)C)c2)cc1OC. The molecule has 0 fully saturated rings. The summed E-state index contributed by atoms with van der Waals surface area (Å²) in [7, 11) is 3.21. The average Bonchev–Trinajstić information content (AvgIpc) is 2.65. The fraction of sp³-hybridized carbons (Fsp3) is 0.409. The van der Waals surface area contributed by atoms with Crippen LogP contribution in [0.2, 0.25) is 0 Å². The number of rotatable bonds is 9. The van der Waals surface area contributed by atoms with Gasteiger partial charge in [-0.05, 0) is 62.6 Å². The van der Waals surface area contributed by atoms with E-state index in [1.807, 2.05) is 63.2 Å². The first-order valence-corrected chi connectivity index (χ1v) is 9.19. The number of aryl methyl sites for hydroxylation is 1. The van der Waals surface area contributed by atoms with Crippen LogP contribution in [0.1, 0.15) is 44.4 Å². The first kappa shape index (κ1) is 20.6. The van der Waals surface area contributed by atoms with E-state index in [2.05, 4.69) is 5.32 Å². The van der Waals surface area contributed by atoms with E-state index in [-0.39, 0.29) is 18.1 Å². The first-order chi connectivity index (χ1) is 12.9. The van der Waals surface area contributed by atoms with Crippen LogP contribution in [0.3, 0.4) is 0 Å². The van der Waals surface area contributed by atoms with Crippen LogP contribution in [-0.2, 0) is 11.2 Å². The van der Waals surface area contributed by atoms with Gasteiger partial charge in [-0.1, -0.05) is 18.2 Å². The summed E-state index contributed by atoms with van der Waals surface area (Å²) in [6.45, 7) is 5.96. The van der Waals surface area contributed by atoms with Crippen molar-refractivity contribution in [2.45, 2.75) is 45.8 Å². The maximum Gasteiger partial charge on any atom is 0.220 e. The number of amides is 1. The van der Waals surface area contributed by atoms with Crippen LogP contribution in [0, 0.1) is 0 Å². The fourth-order valence-corrected chi connectivity index (χ4v) is 2.82. The van der Waals surface area contributed by atoms with Crippen LogP contribution in [0.5, 0.6) is 17.2 Å². The lowest BCUT2D eigenvalue weighted by Crippen LogP contribution is -2.26. The number of carbonyl (C=O) groups is 1. The van der Waals surface area contributed by atoms with E-state index in [1.54, 1.807) is 14.2 Å².